The average molecular weight is 439 g/mol. The van der Waals surface area contributed by atoms with Crippen molar-refractivity contribution in [2.45, 2.75) is 4.90 Å². The first-order valence-electron chi connectivity index (χ1n) is 9.83. The summed E-state index contributed by atoms with van der Waals surface area (Å²) < 4.78 is 32.2. The molecule has 160 valence electrons. The molecule has 1 saturated heterocycles. The summed E-state index contributed by atoms with van der Waals surface area (Å²) in [5, 5.41) is 12.8. The minimum atomic E-state index is -3.75. The van der Waals surface area contributed by atoms with Gasteiger partial charge in [-0.05, 0) is 41.5 Å². The van der Waals surface area contributed by atoms with Crippen LogP contribution in [0.4, 0.5) is 5.69 Å². The number of benzene rings is 3. The molecule has 0 unspecified atom stereocenters. The molecule has 0 atom stereocenters. The molecule has 4 rings (SSSR count). The predicted octanol–water partition coefficient (Wildman–Crippen LogP) is 3.33. The van der Waals surface area contributed by atoms with Crippen molar-refractivity contribution in [3.63, 3.8) is 0 Å². The third-order valence-electron chi connectivity index (χ3n) is 5.08. The van der Waals surface area contributed by atoms with Crippen molar-refractivity contribution in [3.8, 4) is 16.9 Å². The zero-order chi connectivity index (χ0) is 21.8. The summed E-state index contributed by atoms with van der Waals surface area (Å²) in [5.41, 5.74) is 2.43. The second-order valence-corrected chi connectivity index (χ2v) is 9.03. The van der Waals surface area contributed by atoms with E-state index in [1.807, 2.05) is 42.5 Å². The van der Waals surface area contributed by atoms with E-state index in [1.54, 1.807) is 12.1 Å². The van der Waals surface area contributed by atoms with Crippen LogP contribution in [-0.4, -0.2) is 50.0 Å². The van der Waals surface area contributed by atoms with Crippen LogP contribution in [0, 0.1) is 0 Å². The van der Waals surface area contributed by atoms with Gasteiger partial charge in [0, 0.05) is 18.7 Å². The van der Waals surface area contributed by atoms with Crippen LogP contribution >= 0.6 is 0 Å². The second-order valence-electron chi connectivity index (χ2n) is 7.09. The van der Waals surface area contributed by atoms with Gasteiger partial charge in [-0.1, -0.05) is 42.5 Å². The van der Waals surface area contributed by atoms with E-state index >= 15 is 0 Å². The third kappa shape index (κ3) is 4.61. The molecule has 0 aliphatic carbocycles. The van der Waals surface area contributed by atoms with Gasteiger partial charge < -0.3 is 15.2 Å². The molecule has 8 heteroatoms. The fraction of sp³-hybridized carbons (Fsp3) is 0.174. The van der Waals surface area contributed by atoms with E-state index in [0.29, 0.717) is 18.8 Å². The topological polar surface area (TPSA) is 95.9 Å². The van der Waals surface area contributed by atoms with Gasteiger partial charge in [-0.25, -0.2) is 8.42 Å². The predicted molar refractivity (Wildman–Crippen MR) is 118 cm³/mol. The summed E-state index contributed by atoms with van der Waals surface area (Å²) in [7, 11) is -3.75. The average Bonchev–Trinajstić information content (AvgIpc) is 2.81. The molecule has 1 aliphatic heterocycles. The van der Waals surface area contributed by atoms with Gasteiger partial charge in [0.15, 0.2) is 0 Å². The number of sulfonamides is 1. The number of rotatable bonds is 5. The van der Waals surface area contributed by atoms with E-state index in [2.05, 4.69) is 5.32 Å². The Morgan fingerprint density at radius 3 is 2.23 bits per heavy atom. The Hall–Kier alpha value is -3.20. The second kappa shape index (κ2) is 8.89. The van der Waals surface area contributed by atoms with Gasteiger partial charge in [-0.2, -0.15) is 4.31 Å². The SMILES string of the molecule is O=C(Nc1cc(S(=O)(=O)N2CCOCC2)ccc1O)c1ccc(-c2ccccc2)cc1. The number of anilines is 1. The number of ether oxygens (including phenoxy) is 1. The number of carbonyl (C=O) groups is 1. The standard InChI is InChI=1S/C23H22N2O5S/c26-22-11-10-20(31(28,29)25-12-14-30-15-13-25)16-21(22)24-23(27)19-8-6-18(7-9-19)17-4-2-1-3-5-17/h1-11,16,26H,12-15H2,(H,24,27). The zero-order valence-electron chi connectivity index (χ0n) is 16.7. The molecular formula is C23H22N2O5S. The van der Waals surface area contributed by atoms with Gasteiger partial charge in [0.25, 0.3) is 5.91 Å². The molecule has 1 amide bonds. The van der Waals surface area contributed by atoms with Crippen molar-refractivity contribution in [3.05, 3.63) is 78.4 Å². The van der Waals surface area contributed by atoms with E-state index < -0.39 is 15.9 Å². The summed E-state index contributed by atoms with van der Waals surface area (Å²) in [6.07, 6.45) is 0. The lowest BCUT2D eigenvalue weighted by atomic mass is 10.0. The van der Waals surface area contributed by atoms with Crippen LogP contribution in [0.3, 0.4) is 0 Å². The van der Waals surface area contributed by atoms with Gasteiger partial charge in [0.1, 0.15) is 5.75 Å². The molecule has 2 N–H and O–H groups in total. The maximum Gasteiger partial charge on any atom is 0.255 e. The lowest BCUT2D eigenvalue weighted by Gasteiger charge is -2.26. The number of phenolic OH excluding ortho intramolecular Hbond substituents is 1. The zero-order valence-corrected chi connectivity index (χ0v) is 17.5. The number of hydrogen-bond acceptors (Lipinski definition) is 5. The molecule has 7 nitrogen and oxygen atoms in total. The number of hydrogen-bond donors (Lipinski definition) is 2. The minimum absolute atomic E-state index is 0.00178. The lowest BCUT2D eigenvalue weighted by molar-refractivity contribution is 0.0730. The van der Waals surface area contributed by atoms with E-state index in [-0.39, 0.29) is 29.4 Å². The quantitative estimate of drug-likeness (QED) is 0.596. The number of phenols is 1. The Bertz CT molecular complexity index is 1170. The van der Waals surface area contributed by atoms with Crippen molar-refractivity contribution in [2.24, 2.45) is 0 Å². The Morgan fingerprint density at radius 2 is 1.55 bits per heavy atom. The van der Waals surface area contributed by atoms with Crippen LogP contribution in [0.25, 0.3) is 11.1 Å². The molecule has 1 aliphatic rings. The molecule has 3 aromatic carbocycles. The summed E-state index contributed by atoms with van der Waals surface area (Å²) in [6, 6.07) is 20.7. The van der Waals surface area contributed by atoms with E-state index in [0.717, 1.165) is 11.1 Å². The molecule has 0 radical (unpaired) electrons. The maximum atomic E-state index is 12.9. The van der Waals surface area contributed by atoms with E-state index in [1.165, 1.54) is 22.5 Å². The van der Waals surface area contributed by atoms with Crippen molar-refractivity contribution in [1.82, 2.24) is 4.31 Å². The number of amides is 1. The van der Waals surface area contributed by atoms with Crippen LogP contribution in [0.2, 0.25) is 0 Å². The summed E-state index contributed by atoms with van der Waals surface area (Å²) in [5.74, 6) is -0.661. The normalized spacial score (nSPS) is 14.8. The fourth-order valence-electron chi connectivity index (χ4n) is 3.35. The van der Waals surface area contributed by atoms with Crippen molar-refractivity contribution < 1.29 is 23.1 Å². The number of nitrogens with zero attached hydrogens (tertiary/aromatic N) is 1. The molecule has 31 heavy (non-hydrogen) atoms. The molecule has 3 aromatic rings. The highest BCUT2D eigenvalue weighted by atomic mass is 32.2. The first-order chi connectivity index (χ1) is 14.9. The first kappa shape index (κ1) is 21.0. The Morgan fingerprint density at radius 1 is 0.903 bits per heavy atom. The maximum absolute atomic E-state index is 12.9. The number of carbonyl (C=O) groups excluding carboxylic acids is 1. The summed E-state index contributed by atoms with van der Waals surface area (Å²) in [4.78, 5) is 12.7. The Labute approximate surface area is 181 Å². The smallest absolute Gasteiger partial charge is 0.255 e. The molecule has 0 saturated carbocycles. The number of aromatic hydroxyl groups is 1. The van der Waals surface area contributed by atoms with Gasteiger partial charge in [0.05, 0.1) is 23.8 Å². The summed E-state index contributed by atoms with van der Waals surface area (Å²) in [6.45, 7) is 1.19. The van der Waals surface area contributed by atoms with Crippen molar-refractivity contribution in [1.29, 1.82) is 0 Å². The van der Waals surface area contributed by atoms with E-state index in [9.17, 15) is 18.3 Å². The van der Waals surface area contributed by atoms with Crippen LogP contribution in [0.1, 0.15) is 10.4 Å². The number of morpholine rings is 1. The van der Waals surface area contributed by atoms with Gasteiger partial charge in [0.2, 0.25) is 10.0 Å². The first-order valence-corrected chi connectivity index (χ1v) is 11.3. The summed E-state index contributed by atoms with van der Waals surface area (Å²) >= 11 is 0. The largest absolute Gasteiger partial charge is 0.506 e. The highest BCUT2D eigenvalue weighted by molar-refractivity contribution is 7.89. The lowest BCUT2D eigenvalue weighted by Crippen LogP contribution is -2.40. The highest BCUT2D eigenvalue weighted by Crippen LogP contribution is 2.29. The molecule has 0 aromatic heterocycles. The molecule has 1 fully saturated rings. The highest BCUT2D eigenvalue weighted by Gasteiger charge is 2.27. The van der Waals surface area contributed by atoms with Crippen LogP contribution in [0.15, 0.2) is 77.7 Å². The third-order valence-corrected chi connectivity index (χ3v) is 6.97. The Balaban J connectivity index is 1.53. The fourth-order valence-corrected chi connectivity index (χ4v) is 4.79. The van der Waals surface area contributed by atoms with Gasteiger partial charge >= 0.3 is 0 Å². The van der Waals surface area contributed by atoms with Crippen LogP contribution in [-0.2, 0) is 14.8 Å². The van der Waals surface area contributed by atoms with Crippen molar-refractivity contribution in [2.75, 3.05) is 31.6 Å². The molecule has 0 spiro atoms. The van der Waals surface area contributed by atoms with Crippen LogP contribution < -0.4 is 5.32 Å². The van der Waals surface area contributed by atoms with E-state index in [4.69, 9.17) is 4.74 Å². The molecule has 1 heterocycles. The van der Waals surface area contributed by atoms with Gasteiger partial charge in [-0.15, -0.1) is 0 Å². The Kier molecular flexibility index (Phi) is 6.03. The van der Waals surface area contributed by atoms with Crippen LogP contribution in [0.5, 0.6) is 5.75 Å². The molecule has 0 bridgehead atoms. The van der Waals surface area contributed by atoms with Crippen molar-refractivity contribution >= 4 is 21.6 Å². The minimum Gasteiger partial charge on any atom is -0.506 e. The van der Waals surface area contributed by atoms with Gasteiger partial charge in [-0.3, -0.25) is 4.79 Å². The monoisotopic (exact) mass is 438 g/mol. The molecular weight excluding hydrogens is 416 g/mol. The number of nitrogens with one attached hydrogen (secondary N) is 1.